The molecule has 0 bridgehead atoms. The lowest BCUT2D eigenvalue weighted by Gasteiger charge is -2.21. The van der Waals surface area contributed by atoms with Crippen molar-refractivity contribution in [1.29, 1.82) is 0 Å². The van der Waals surface area contributed by atoms with Crippen molar-refractivity contribution >= 4 is 0 Å². The highest BCUT2D eigenvalue weighted by Gasteiger charge is 2.17. The zero-order valence-electron chi connectivity index (χ0n) is 12.6. The molecule has 0 aliphatic carbocycles. The summed E-state index contributed by atoms with van der Waals surface area (Å²) in [6.07, 6.45) is 5.39. The molecule has 2 aromatic rings. The molecule has 1 aromatic carbocycles. The van der Waals surface area contributed by atoms with Gasteiger partial charge in [-0.3, -0.25) is 0 Å². The van der Waals surface area contributed by atoms with Gasteiger partial charge in [0.2, 0.25) is 0 Å². The Morgan fingerprint density at radius 1 is 1.19 bits per heavy atom. The molecule has 0 radical (unpaired) electrons. The van der Waals surface area contributed by atoms with Crippen LogP contribution in [0.25, 0.3) is 11.4 Å². The first kappa shape index (κ1) is 14.1. The fraction of sp³-hybridized carbons (Fsp3) is 0.471. The molecule has 0 unspecified atom stereocenters. The minimum Gasteiger partial charge on any atom is -0.494 e. The van der Waals surface area contributed by atoms with E-state index in [0.717, 1.165) is 43.3 Å². The highest BCUT2D eigenvalue weighted by Crippen LogP contribution is 2.26. The summed E-state index contributed by atoms with van der Waals surface area (Å²) in [5, 5.41) is 3.40. The van der Waals surface area contributed by atoms with E-state index in [1.165, 1.54) is 18.5 Å². The molecule has 1 fully saturated rings. The van der Waals surface area contributed by atoms with Crippen LogP contribution in [0.15, 0.2) is 30.5 Å². The first-order chi connectivity index (χ1) is 10.4. The van der Waals surface area contributed by atoms with Crippen molar-refractivity contribution in [3.8, 4) is 17.1 Å². The Morgan fingerprint density at radius 2 is 1.95 bits per heavy atom. The zero-order chi connectivity index (χ0) is 14.5. The quantitative estimate of drug-likeness (QED) is 0.886. The number of aromatic amines is 1. The number of H-pyrrole nitrogens is 1. The molecule has 2 N–H and O–H groups in total. The Hall–Kier alpha value is -1.81. The van der Waals surface area contributed by atoms with Gasteiger partial charge in [-0.1, -0.05) is 6.92 Å². The smallest absolute Gasteiger partial charge is 0.137 e. The topological polar surface area (TPSA) is 49.9 Å². The predicted molar refractivity (Wildman–Crippen MR) is 84.7 cm³/mol. The van der Waals surface area contributed by atoms with Crippen molar-refractivity contribution in [3.05, 3.63) is 36.2 Å². The third-order valence-electron chi connectivity index (χ3n) is 3.98. The van der Waals surface area contributed by atoms with Crippen molar-refractivity contribution in [2.75, 3.05) is 19.7 Å². The Balaban J connectivity index is 1.70. The number of aromatic nitrogens is 2. The average molecular weight is 285 g/mol. The van der Waals surface area contributed by atoms with Crippen LogP contribution in [0.4, 0.5) is 0 Å². The van der Waals surface area contributed by atoms with E-state index in [-0.39, 0.29) is 0 Å². The summed E-state index contributed by atoms with van der Waals surface area (Å²) in [4.78, 5) is 8.02. The summed E-state index contributed by atoms with van der Waals surface area (Å²) in [5.41, 5.74) is 2.37. The predicted octanol–water partition coefficient (Wildman–Crippen LogP) is 3.33. The standard InChI is InChI=1S/C17H23N3O/c1-2-11-21-15-5-3-14(4-6-15)17-19-12-16(20-17)13-7-9-18-10-8-13/h3-6,12-13,18H,2,7-11H2,1H3,(H,19,20). The van der Waals surface area contributed by atoms with E-state index in [1.54, 1.807) is 0 Å². The van der Waals surface area contributed by atoms with Crippen LogP contribution in [0.2, 0.25) is 0 Å². The fourth-order valence-corrected chi connectivity index (χ4v) is 2.75. The van der Waals surface area contributed by atoms with E-state index in [1.807, 2.05) is 18.3 Å². The van der Waals surface area contributed by atoms with E-state index in [2.05, 4.69) is 34.3 Å². The molecule has 21 heavy (non-hydrogen) atoms. The monoisotopic (exact) mass is 285 g/mol. The van der Waals surface area contributed by atoms with Gasteiger partial charge < -0.3 is 15.0 Å². The second-order valence-corrected chi connectivity index (χ2v) is 5.58. The number of ether oxygens (including phenoxy) is 1. The molecular weight excluding hydrogens is 262 g/mol. The summed E-state index contributed by atoms with van der Waals surface area (Å²) >= 11 is 0. The maximum Gasteiger partial charge on any atom is 0.137 e. The third-order valence-corrected chi connectivity index (χ3v) is 3.98. The number of nitrogens with one attached hydrogen (secondary N) is 2. The second-order valence-electron chi connectivity index (χ2n) is 5.58. The Bertz CT molecular complexity index is 556. The highest BCUT2D eigenvalue weighted by atomic mass is 16.5. The third kappa shape index (κ3) is 3.45. The molecule has 1 aliphatic rings. The molecule has 3 rings (SSSR count). The molecule has 0 spiro atoms. The van der Waals surface area contributed by atoms with Crippen molar-refractivity contribution in [2.24, 2.45) is 0 Å². The van der Waals surface area contributed by atoms with E-state index < -0.39 is 0 Å². The van der Waals surface area contributed by atoms with Crippen LogP contribution in [0.1, 0.15) is 37.8 Å². The highest BCUT2D eigenvalue weighted by molar-refractivity contribution is 5.56. The van der Waals surface area contributed by atoms with Gasteiger partial charge in [0.05, 0.1) is 6.61 Å². The van der Waals surface area contributed by atoms with Crippen LogP contribution in [0.5, 0.6) is 5.75 Å². The first-order valence-electron chi connectivity index (χ1n) is 7.85. The van der Waals surface area contributed by atoms with Crippen LogP contribution in [-0.2, 0) is 0 Å². The molecule has 0 amide bonds. The average Bonchev–Trinajstić information content (AvgIpc) is 3.04. The zero-order valence-corrected chi connectivity index (χ0v) is 12.6. The fourth-order valence-electron chi connectivity index (χ4n) is 2.75. The van der Waals surface area contributed by atoms with Crippen molar-refractivity contribution in [1.82, 2.24) is 15.3 Å². The van der Waals surface area contributed by atoms with Gasteiger partial charge in [0.25, 0.3) is 0 Å². The summed E-state index contributed by atoms with van der Waals surface area (Å²) < 4.78 is 5.61. The van der Waals surface area contributed by atoms with Crippen LogP contribution in [-0.4, -0.2) is 29.7 Å². The molecule has 112 valence electrons. The maximum absolute atomic E-state index is 5.61. The van der Waals surface area contributed by atoms with E-state index >= 15 is 0 Å². The van der Waals surface area contributed by atoms with E-state index in [4.69, 9.17) is 4.74 Å². The first-order valence-corrected chi connectivity index (χ1v) is 7.85. The van der Waals surface area contributed by atoms with Crippen LogP contribution in [0.3, 0.4) is 0 Å². The Kier molecular flexibility index (Phi) is 4.55. The summed E-state index contributed by atoms with van der Waals surface area (Å²) in [6, 6.07) is 8.15. The maximum atomic E-state index is 5.61. The van der Waals surface area contributed by atoms with Crippen LogP contribution < -0.4 is 10.1 Å². The van der Waals surface area contributed by atoms with Gasteiger partial charge in [-0.15, -0.1) is 0 Å². The van der Waals surface area contributed by atoms with Crippen molar-refractivity contribution in [3.63, 3.8) is 0 Å². The molecule has 2 heterocycles. The number of nitrogens with zero attached hydrogens (tertiary/aromatic N) is 1. The molecule has 4 nitrogen and oxygen atoms in total. The van der Waals surface area contributed by atoms with Gasteiger partial charge in [-0.05, 0) is 56.6 Å². The van der Waals surface area contributed by atoms with Crippen LogP contribution >= 0.6 is 0 Å². The molecular formula is C17H23N3O. The Labute approximate surface area is 125 Å². The number of rotatable bonds is 5. The number of hydrogen-bond donors (Lipinski definition) is 2. The van der Waals surface area contributed by atoms with Crippen LogP contribution in [0, 0.1) is 0 Å². The molecule has 0 saturated carbocycles. The minimum absolute atomic E-state index is 0.611. The van der Waals surface area contributed by atoms with Crippen molar-refractivity contribution < 1.29 is 4.74 Å². The summed E-state index contributed by atoms with van der Waals surface area (Å²) in [6.45, 7) is 5.07. The van der Waals surface area contributed by atoms with E-state index in [9.17, 15) is 0 Å². The SMILES string of the molecule is CCCOc1ccc(-c2ncc(C3CCNCC3)[nH]2)cc1. The molecule has 1 aliphatic heterocycles. The van der Waals surface area contributed by atoms with Gasteiger partial charge in [-0.2, -0.15) is 0 Å². The molecule has 1 aromatic heterocycles. The van der Waals surface area contributed by atoms with Gasteiger partial charge in [0, 0.05) is 23.4 Å². The lowest BCUT2D eigenvalue weighted by molar-refractivity contribution is 0.317. The lowest BCUT2D eigenvalue weighted by Crippen LogP contribution is -2.26. The number of hydrogen-bond acceptors (Lipinski definition) is 3. The summed E-state index contributed by atoms with van der Waals surface area (Å²) in [5.74, 6) is 2.48. The molecule has 4 heteroatoms. The summed E-state index contributed by atoms with van der Waals surface area (Å²) in [7, 11) is 0. The van der Waals surface area contributed by atoms with Gasteiger partial charge in [0.1, 0.15) is 11.6 Å². The molecule has 0 atom stereocenters. The van der Waals surface area contributed by atoms with Crippen molar-refractivity contribution in [2.45, 2.75) is 32.1 Å². The van der Waals surface area contributed by atoms with Gasteiger partial charge >= 0.3 is 0 Å². The largest absolute Gasteiger partial charge is 0.494 e. The number of imidazole rings is 1. The minimum atomic E-state index is 0.611. The number of piperidine rings is 1. The number of benzene rings is 1. The lowest BCUT2D eigenvalue weighted by atomic mass is 9.95. The Morgan fingerprint density at radius 3 is 2.67 bits per heavy atom. The van der Waals surface area contributed by atoms with Gasteiger partial charge in [0.15, 0.2) is 0 Å². The van der Waals surface area contributed by atoms with Gasteiger partial charge in [-0.25, -0.2) is 4.98 Å². The molecule has 1 saturated heterocycles. The van der Waals surface area contributed by atoms with E-state index in [0.29, 0.717) is 5.92 Å². The normalized spacial score (nSPS) is 16.0. The second kappa shape index (κ2) is 6.76.